The lowest BCUT2D eigenvalue weighted by Gasteiger charge is -2.40. The van der Waals surface area contributed by atoms with Gasteiger partial charge in [0.1, 0.15) is 0 Å². The zero-order valence-corrected chi connectivity index (χ0v) is 21.6. The second kappa shape index (κ2) is 8.00. The molecule has 2 fully saturated rings. The van der Waals surface area contributed by atoms with Gasteiger partial charge in [0.25, 0.3) is 0 Å². The Hall–Kier alpha value is -2.55. The van der Waals surface area contributed by atoms with E-state index in [-0.39, 0.29) is 5.41 Å². The van der Waals surface area contributed by atoms with Crippen molar-refractivity contribution in [2.45, 2.75) is 51.0 Å². The third-order valence-corrected chi connectivity index (χ3v) is 9.04. The van der Waals surface area contributed by atoms with Crippen molar-refractivity contribution >= 4 is 38.1 Å². The highest BCUT2D eigenvalue weighted by Gasteiger charge is 2.38. The lowest BCUT2D eigenvalue weighted by atomic mass is 9.70. The maximum atomic E-state index is 9.37. The summed E-state index contributed by atoms with van der Waals surface area (Å²) in [6.07, 6.45) is 5.21. The highest BCUT2D eigenvalue weighted by molar-refractivity contribution is 9.10. The normalized spacial score (nSPS) is 20.4. The average Bonchev–Trinajstić information content (AvgIpc) is 3.51. The summed E-state index contributed by atoms with van der Waals surface area (Å²) in [5, 5.41) is 10.5. The van der Waals surface area contributed by atoms with E-state index in [9.17, 15) is 5.26 Å². The van der Waals surface area contributed by atoms with E-state index in [1.807, 2.05) is 12.1 Å². The average molecular weight is 515 g/mol. The molecule has 3 heterocycles. The number of benzene rings is 2. The molecule has 1 aromatic heterocycles. The number of H-pyrrole nitrogens is 1. The zero-order chi connectivity index (χ0) is 23.6. The van der Waals surface area contributed by atoms with Crippen molar-refractivity contribution in [2.24, 2.45) is 0 Å². The van der Waals surface area contributed by atoms with Crippen molar-refractivity contribution in [1.29, 1.82) is 5.26 Å². The van der Waals surface area contributed by atoms with E-state index >= 15 is 0 Å². The van der Waals surface area contributed by atoms with Gasteiger partial charge in [-0.1, -0.05) is 26.5 Å². The third-order valence-electron chi connectivity index (χ3n) is 8.40. The molecule has 3 aromatic rings. The van der Waals surface area contributed by atoms with Crippen LogP contribution >= 0.6 is 15.9 Å². The van der Waals surface area contributed by atoms with Gasteiger partial charge in [-0.3, -0.25) is 0 Å². The van der Waals surface area contributed by atoms with Crippen molar-refractivity contribution in [1.82, 2.24) is 9.88 Å². The molecule has 5 heteroatoms. The van der Waals surface area contributed by atoms with Gasteiger partial charge >= 0.3 is 0 Å². The summed E-state index contributed by atoms with van der Waals surface area (Å²) in [5.74, 6) is 0. The van der Waals surface area contributed by atoms with Crippen molar-refractivity contribution in [3.05, 3.63) is 69.3 Å². The van der Waals surface area contributed by atoms with Gasteiger partial charge in [-0.25, -0.2) is 0 Å². The second-order valence-electron chi connectivity index (χ2n) is 10.7. The Labute approximate surface area is 210 Å². The van der Waals surface area contributed by atoms with Crippen LogP contribution < -0.4 is 4.90 Å². The lowest BCUT2D eigenvalue weighted by Crippen LogP contribution is -2.44. The summed E-state index contributed by atoms with van der Waals surface area (Å²) >= 11 is 3.92. The van der Waals surface area contributed by atoms with E-state index in [1.165, 1.54) is 66.8 Å². The third kappa shape index (κ3) is 3.26. The molecule has 0 saturated carbocycles. The highest BCUT2D eigenvalue weighted by Crippen LogP contribution is 2.50. The molecule has 0 bridgehead atoms. The SMILES string of the molecule is C=C1c2cc(Br)c(N3CCC(N4CCCC4)CC3)cc2C(C)(C)c2[nH]c3cc(C#N)ccc3c21. The minimum absolute atomic E-state index is 0.193. The molecule has 0 unspecified atom stereocenters. The largest absolute Gasteiger partial charge is 0.370 e. The molecule has 2 aromatic carbocycles. The van der Waals surface area contributed by atoms with Gasteiger partial charge in [0, 0.05) is 51.2 Å². The van der Waals surface area contributed by atoms with Crippen LogP contribution in [0, 0.1) is 11.3 Å². The van der Waals surface area contributed by atoms with Gasteiger partial charge < -0.3 is 14.8 Å². The fourth-order valence-electron chi connectivity index (χ4n) is 6.47. The van der Waals surface area contributed by atoms with Crippen LogP contribution in [0.3, 0.4) is 0 Å². The molecule has 174 valence electrons. The first-order valence-corrected chi connectivity index (χ1v) is 13.3. The van der Waals surface area contributed by atoms with E-state index in [0.717, 1.165) is 40.1 Å². The van der Waals surface area contributed by atoms with Gasteiger partial charge in [-0.2, -0.15) is 5.26 Å². The molecule has 2 aliphatic heterocycles. The number of nitrogens with zero attached hydrogens (tertiary/aromatic N) is 3. The Bertz CT molecular complexity index is 1340. The van der Waals surface area contributed by atoms with Gasteiger partial charge in [0.05, 0.1) is 17.3 Å². The number of aromatic nitrogens is 1. The molecule has 1 N–H and O–H groups in total. The van der Waals surface area contributed by atoms with Crippen molar-refractivity contribution in [3.63, 3.8) is 0 Å². The molecule has 1 aliphatic carbocycles. The van der Waals surface area contributed by atoms with Gasteiger partial charge in [0.2, 0.25) is 0 Å². The van der Waals surface area contributed by atoms with E-state index in [2.05, 4.69) is 75.4 Å². The molecular formula is C29H31BrN4. The number of nitrogens with one attached hydrogen (secondary N) is 1. The van der Waals surface area contributed by atoms with Crippen LogP contribution in [0.4, 0.5) is 5.69 Å². The van der Waals surface area contributed by atoms with Crippen LogP contribution in [0.5, 0.6) is 0 Å². The maximum absolute atomic E-state index is 9.37. The zero-order valence-electron chi connectivity index (χ0n) is 20.0. The Morgan fingerprint density at radius 1 is 1.09 bits per heavy atom. The number of fused-ring (bicyclic) bond motifs is 4. The molecule has 34 heavy (non-hydrogen) atoms. The second-order valence-corrected chi connectivity index (χ2v) is 11.5. The molecule has 3 aliphatic rings. The molecule has 2 saturated heterocycles. The molecule has 0 radical (unpaired) electrons. The predicted octanol–water partition coefficient (Wildman–Crippen LogP) is 6.57. The topological polar surface area (TPSA) is 46.1 Å². The number of halogens is 1. The first-order chi connectivity index (χ1) is 16.4. The fourth-order valence-corrected chi connectivity index (χ4v) is 7.06. The number of piperidine rings is 1. The number of rotatable bonds is 2. The monoisotopic (exact) mass is 514 g/mol. The Morgan fingerprint density at radius 3 is 2.53 bits per heavy atom. The first-order valence-electron chi connectivity index (χ1n) is 12.5. The molecule has 0 atom stereocenters. The fraction of sp³-hybridized carbons (Fsp3) is 0.414. The number of hydrogen-bond donors (Lipinski definition) is 1. The number of hydrogen-bond acceptors (Lipinski definition) is 3. The number of aromatic amines is 1. The number of nitriles is 1. The first kappa shape index (κ1) is 21.9. The highest BCUT2D eigenvalue weighted by atomic mass is 79.9. The Balaban J connectivity index is 1.38. The van der Waals surface area contributed by atoms with Crippen molar-refractivity contribution < 1.29 is 0 Å². The summed E-state index contributed by atoms with van der Waals surface area (Å²) in [5.41, 5.74) is 8.75. The van der Waals surface area contributed by atoms with Gasteiger partial charge in [0.15, 0.2) is 0 Å². The Morgan fingerprint density at radius 2 is 1.82 bits per heavy atom. The van der Waals surface area contributed by atoms with E-state index in [1.54, 1.807) is 0 Å². The van der Waals surface area contributed by atoms with Crippen LogP contribution in [-0.2, 0) is 5.41 Å². The lowest BCUT2D eigenvalue weighted by molar-refractivity contribution is 0.208. The number of likely N-dealkylation sites (tertiary alicyclic amines) is 1. The Kier molecular flexibility index (Phi) is 5.17. The maximum Gasteiger partial charge on any atom is 0.0992 e. The van der Waals surface area contributed by atoms with Crippen molar-refractivity contribution in [3.8, 4) is 6.07 Å². The number of anilines is 1. The summed E-state index contributed by atoms with van der Waals surface area (Å²) in [7, 11) is 0. The van der Waals surface area contributed by atoms with E-state index in [4.69, 9.17) is 0 Å². The quantitative estimate of drug-likeness (QED) is 0.420. The summed E-state index contributed by atoms with van der Waals surface area (Å²) < 4.78 is 1.15. The van der Waals surface area contributed by atoms with Crippen LogP contribution in [-0.4, -0.2) is 42.1 Å². The molecular weight excluding hydrogens is 484 g/mol. The van der Waals surface area contributed by atoms with Crippen molar-refractivity contribution in [2.75, 3.05) is 31.1 Å². The summed E-state index contributed by atoms with van der Waals surface area (Å²) in [6, 6.07) is 13.6. The molecule has 0 amide bonds. The molecule has 4 nitrogen and oxygen atoms in total. The van der Waals surface area contributed by atoms with Gasteiger partial charge in [-0.05, 0) is 95.7 Å². The minimum Gasteiger partial charge on any atom is -0.370 e. The van der Waals surface area contributed by atoms with E-state index in [0.29, 0.717) is 5.56 Å². The van der Waals surface area contributed by atoms with Crippen LogP contribution in [0.1, 0.15) is 67.5 Å². The smallest absolute Gasteiger partial charge is 0.0992 e. The van der Waals surface area contributed by atoms with Crippen LogP contribution in [0.2, 0.25) is 0 Å². The van der Waals surface area contributed by atoms with Crippen LogP contribution in [0.25, 0.3) is 16.5 Å². The summed E-state index contributed by atoms with van der Waals surface area (Å²) in [4.78, 5) is 8.94. The minimum atomic E-state index is -0.193. The molecule has 0 spiro atoms. The van der Waals surface area contributed by atoms with E-state index < -0.39 is 0 Å². The van der Waals surface area contributed by atoms with Gasteiger partial charge in [-0.15, -0.1) is 0 Å². The standard InChI is InChI=1S/C29H31BrN4/c1-18-22-15-24(30)26(34-12-8-20(9-13-34)33-10-4-5-11-33)16-23(22)29(2,3)28-27(18)21-7-6-19(17-31)14-25(21)32-28/h6-7,14-16,20,32H,1,4-5,8-13H2,2-3H3. The summed E-state index contributed by atoms with van der Waals surface area (Å²) in [6.45, 7) is 13.9. The predicted molar refractivity (Wildman–Crippen MR) is 143 cm³/mol. The van der Waals surface area contributed by atoms with Crippen LogP contribution in [0.15, 0.2) is 41.4 Å². The molecule has 6 rings (SSSR count).